The molecule has 1 aliphatic carbocycles. The zero-order chi connectivity index (χ0) is 14.1. The molecule has 2 fully saturated rings. The molecule has 1 aromatic rings. The number of hydrogen-bond acceptors (Lipinski definition) is 2. The van der Waals surface area contributed by atoms with Crippen molar-refractivity contribution in [3.8, 4) is 0 Å². The van der Waals surface area contributed by atoms with Crippen molar-refractivity contribution in [2.75, 3.05) is 20.1 Å². The lowest BCUT2D eigenvalue weighted by molar-refractivity contribution is -0.131. The van der Waals surface area contributed by atoms with Crippen molar-refractivity contribution >= 4 is 5.91 Å². The normalized spacial score (nSPS) is 23.0. The first-order valence-electron chi connectivity index (χ1n) is 7.40. The largest absolute Gasteiger partial charge is 0.342 e. The number of carbonyl (C=O) groups is 1. The van der Waals surface area contributed by atoms with Crippen LogP contribution in [0.2, 0.25) is 0 Å². The first-order valence-corrected chi connectivity index (χ1v) is 7.40. The number of halogens is 1. The van der Waals surface area contributed by atoms with Gasteiger partial charge in [0.1, 0.15) is 5.82 Å². The Morgan fingerprint density at radius 3 is 2.90 bits per heavy atom. The van der Waals surface area contributed by atoms with Crippen molar-refractivity contribution < 1.29 is 9.18 Å². The van der Waals surface area contributed by atoms with E-state index in [1.54, 1.807) is 12.1 Å². The van der Waals surface area contributed by atoms with Crippen LogP contribution >= 0.6 is 0 Å². The molecule has 1 atom stereocenters. The van der Waals surface area contributed by atoms with Crippen LogP contribution in [-0.4, -0.2) is 41.9 Å². The van der Waals surface area contributed by atoms with Crippen molar-refractivity contribution in [3.05, 3.63) is 35.6 Å². The lowest BCUT2D eigenvalue weighted by Gasteiger charge is -2.26. The third-order valence-corrected chi connectivity index (χ3v) is 4.42. The van der Waals surface area contributed by atoms with Gasteiger partial charge >= 0.3 is 0 Å². The van der Waals surface area contributed by atoms with E-state index in [2.05, 4.69) is 4.90 Å². The second-order valence-corrected chi connectivity index (χ2v) is 5.92. The summed E-state index contributed by atoms with van der Waals surface area (Å²) >= 11 is 0. The summed E-state index contributed by atoms with van der Waals surface area (Å²) in [5, 5.41) is 0. The quantitative estimate of drug-likeness (QED) is 0.844. The van der Waals surface area contributed by atoms with Gasteiger partial charge in [0, 0.05) is 19.1 Å². The summed E-state index contributed by atoms with van der Waals surface area (Å²) in [4.78, 5) is 16.3. The first-order chi connectivity index (χ1) is 9.65. The predicted octanol–water partition coefficient (Wildman–Crippen LogP) is 2.58. The fraction of sp³-hybridized carbons (Fsp3) is 0.562. The van der Waals surface area contributed by atoms with Gasteiger partial charge < -0.3 is 4.90 Å². The highest BCUT2D eigenvalue weighted by molar-refractivity contribution is 5.78. The highest BCUT2D eigenvalue weighted by Crippen LogP contribution is 2.32. The Kier molecular flexibility index (Phi) is 3.74. The van der Waals surface area contributed by atoms with Crippen LogP contribution in [0.5, 0.6) is 0 Å². The molecule has 1 saturated carbocycles. The second kappa shape index (κ2) is 5.52. The Labute approximate surface area is 119 Å². The molecule has 0 aromatic heterocycles. The molecule has 1 aromatic carbocycles. The molecule has 1 aliphatic heterocycles. The zero-order valence-corrected chi connectivity index (χ0v) is 11.9. The summed E-state index contributed by atoms with van der Waals surface area (Å²) in [6.07, 6.45) is 4.34. The van der Waals surface area contributed by atoms with E-state index in [0.717, 1.165) is 37.8 Å². The monoisotopic (exact) mass is 276 g/mol. The predicted molar refractivity (Wildman–Crippen MR) is 75.7 cm³/mol. The van der Waals surface area contributed by atoms with Crippen molar-refractivity contribution in [1.29, 1.82) is 0 Å². The van der Waals surface area contributed by atoms with E-state index in [4.69, 9.17) is 0 Å². The van der Waals surface area contributed by atoms with Gasteiger partial charge in [0.05, 0.1) is 6.54 Å². The van der Waals surface area contributed by atoms with Gasteiger partial charge in [-0.25, -0.2) is 4.39 Å². The molecule has 2 aliphatic rings. The number of benzene rings is 1. The van der Waals surface area contributed by atoms with Crippen molar-refractivity contribution in [1.82, 2.24) is 9.80 Å². The second-order valence-electron chi connectivity index (χ2n) is 5.92. The molecule has 1 heterocycles. The van der Waals surface area contributed by atoms with Gasteiger partial charge in [0.2, 0.25) is 5.91 Å². The third kappa shape index (κ3) is 2.85. The van der Waals surface area contributed by atoms with Gasteiger partial charge in [0.15, 0.2) is 0 Å². The SMILES string of the molecule is CN(C(=O)CN1CCC[C@H]1c1cccc(F)c1)C1CC1. The molecule has 0 unspecified atom stereocenters. The van der Waals surface area contributed by atoms with Crippen LogP contribution in [0.1, 0.15) is 37.3 Å². The Morgan fingerprint density at radius 1 is 1.40 bits per heavy atom. The van der Waals surface area contributed by atoms with Gasteiger partial charge in [-0.05, 0) is 49.9 Å². The topological polar surface area (TPSA) is 23.6 Å². The molecular formula is C16H21FN2O. The maximum absolute atomic E-state index is 13.4. The fourth-order valence-corrected chi connectivity index (χ4v) is 3.06. The summed E-state index contributed by atoms with van der Waals surface area (Å²) in [7, 11) is 1.90. The van der Waals surface area contributed by atoms with E-state index in [1.807, 2.05) is 18.0 Å². The maximum atomic E-state index is 13.4. The highest BCUT2D eigenvalue weighted by Gasteiger charge is 2.33. The van der Waals surface area contributed by atoms with E-state index < -0.39 is 0 Å². The van der Waals surface area contributed by atoms with Crippen LogP contribution in [0.4, 0.5) is 4.39 Å². The Morgan fingerprint density at radius 2 is 2.20 bits per heavy atom. The number of rotatable bonds is 4. The summed E-state index contributed by atoms with van der Waals surface area (Å²) in [5.74, 6) is -0.00780. The van der Waals surface area contributed by atoms with Crippen LogP contribution in [0.25, 0.3) is 0 Å². The molecule has 0 N–H and O–H groups in total. The molecule has 3 nitrogen and oxygen atoms in total. The summed E-state index contributed by atoms with van der Waals surface area (Å²) in [6.45, 7) is 1.37. The van der Waals surface area contributed by atoms with Gasteiger partial charge in [-0.3, -0.25) is 9.69 Å². The summed E-state index contributed by atoms with van der Waals surface area (Å²) in [5.41, 5.74) is 0.990. The van der Waals surface area contributed by atoms with Crippen LogP contribution in [0, 0.1) is 5.82 Å². The van der Waals surface area contributed by atoms with Crippen molar-refractivity contribution in [2.24, 2.45) is 0 Å². The molecule has 0 bridgehead atoms. The molecule has 20 heavy (non-hydrogen) atoms. The average Bonchev–Trinajstić information content (AvgIpc) is 3.18. The Balaban J connectivity index is 1.67. The van der Waals surface area contributed by atoms with Gasteiger partial charge in [-0.1, -0.05) is 12.1 Å². The van der Waals surface area contributed by atoms with E-state index in [1.165, 1.54) is 6.07 Å². The molecule has 0 radical (unpaired) electrons. The molecular weight excluding hydrogens is 255 g/mol. The van der Waals surface area contributed by atoms with Crippen LogP contribution in [0.3, 0.4) is 0 Å². The van der Waals surface area contributed by atoms with Crippen molar-refractivity contribution in [3.63, 3.8) is 0 Å². The van der Waals surface area contributed by atoms with Gasteiger partial charge in [-0.2, -0.15) is 0 Å². The molecule has 4 heteroatoms. The number of amides is 1. The average molecular weight is 276 g/mol. The summed E-state index contributed by atoms with van der Waals surface area (Å²) < 4.78 is 13.4. The number of carbonyl (C=O) groups excluding carboxylic acids is 1. The minimum atomic E-state index is -0.198. The molecule has 3 rings (SSSR count). The summed E-state index contributed by atoms with van der Waals surface area (Å²) in [6, 6.07) is 7.41. The van der Waals surface area contributed by atoms with Crippen molar-refractivity contribution in [2.45, 2.75) is 37.8 Å². The van der Waals surface area contributed by atoms with Gasteiger partial charge in [0.25, 0.3) is 0 Å². The van der Waals surface area contributed by atoms with Crippen LogP contribution in [0.15, 0.2) is 24.3 Å². The third-order valence-electron chi connectivity index (χ3n) is 4.42. The number of hydrogen-bond donors (Lipinski definition) is 0. The minimum absolute atomic E-state index is 0.183. The first kappa shape index (κ1) is 13.6. The fourth-order valence-electron chi connectivity index (χ4n) is 3.06. The highest BCUT2D eigenvalue weighted by atomic mass is 19.1. The lowest BCUT2D eigenvalue weighted by atomic mass is 10.0. The van der Waals surface area contributed by atoms with E-state index in [9.17, 15) is 9.18 Å². The standard InChI is InChI=1S/C16H21FN2O/c1-18(14-7-8-14)16(20)11-19-9-3-6-15(19)12-4-2-5-13(17)10-12/h2,4-5,10,14-15H,3,6-9,11H2,1H3/t15-/m0/s1. The molecule has 108 valence electrons. The molecule has 1 amide bonds. The van der Waals surface area contributed by atoms with E-state index in [0.29, 0.717) is 12.6 Å². The Bertz CT molecular complexity index is 501. The van der Waals surface area contributed by atoms with Gasteiger partial charge in [-0.15, -0.1) is 0 Å². The minimum Gasteiger partial charge on any atom is -0.342 e. The zero-order valence-electron chi connectivity index (χ0n) is 11.9. The molecule has 0 spiro atoms. The molecule has 1 saturated heterocycles. The smallest absolute Gasteiger partial charge is 0.236 e. The lowest BCUT2D eigenvalue weighted by Crippen LogP contribution is -2.39. The van der Waals surface area contributed by atoms with Crippen LogP contribution < -0.4 is 0 Å². The van der Waals surface area contributed by atoms with Crippen LogP contribution in [-0.2, 0) is 4.79 Å². The number of nitrogens with zero attached hydrogens (tertiary/aromatic N) is 2. The number of likely N-dealkylation sites (N-methyl/N-ethyl adjacent to an activating group) is 1. The van der Waals surface area contributed by atoms with E-state index in [-0.39, 0.29) is 17.8 Å². The van der Waals surface area contributed by atoms with E-state index >= 15 is 0 Å². The maximum Gasteiger partial charge on any atom is 0.236 e. The Hall–Kier alpha value is -1.42. The number of likely N-dealkylation sites (tertiary alicyclic amines) is 1.